The standard InChI is InChI=1S/C54H75F2N7O10/c1-33(2)48(60-45(66)19-12-9-15-24-63-46(67)27-35(4)52(63)71)44(65)26-34(3)50(69)59-42(53(72)73)18-13-14-23-58-51(70)41(57)22-25-62(47(68)32-64)49(54(5,6)7)43-28-37(39-29-38(55)20-21-40(39)56)31-61(43)30-36-16-10-8-11-17-36/h8,10-11,16-17,20-21,28-29,31,33-35,41-42,48-49,64H,9,12-15,18-19,22-27,30,32,57H2,1-7H3,(H,58,70)(H,59,69)(H,60,66)(H,72,73)/t34-,35?,41+,42+,48+,49+/m1/s1. The third kappa shape index (κ3) is 17.4. The Kier molecular flexibility index (Phi) is 22.4. The molecule has 0 bridgehead atoms. The second-order valence-corrected chi connectivity index (χ2v) is 20.6. The number of carbonyl (C=O) groups is 8. The fourth-order valence-corrected chi connectivity index (χ4v) is 9.10. The Hall–Kier alpha value is -6.34. The van der Waals surface area contributed by atoms with Gasteiger partial charge in [-0.2, -0.15) is 0 Å². The fourth-order valence-electron chi connectivity index (χ4n) is 9.10. The van der Waals surface area contributed by atoms with Gasteiger partial charge >= 0.3 is 5.97 Å². The molecule has 73 heavy (non-hydrogen) atoms. The van der Waals surface area contributed by atoms with Gasteiger partial charge in [0.25, 0.3) is 0 Å². The maximum absolute atomic E-state index is 15.1. The normalized spacial score (nSPS) is 15.9. The van der Waals surface area contributed by atoms with Gasteiger partial charge in [-0.25, -0.2) is 13.6 Å². The Morgan fingerprint density at radius 3 is 2.21 bits per heavy atom. The van der Waals surface area contributed by atoms with Crippen LogP contribution < -0.4 is 21.7 Å². The number of carboxylic acids is 1. The molecule has 2 heterocycles. The van der Waals surface area contributed by atoms with Crippen molar-refractivity contribution in [1.82, 2.24) is 30.3 Å². The molecule has 0 radical (unpaired) electrons. The molecule has 3 aromatic rings. The summed E-state index contributed by atoms with van der Waals surface area (Å²) in [4.78, 5) is 105. The highest BCUT2D eigenvalue weighted by atomic mass is 19.1. The van der Waals surface area contributed by atoms with E-state index in [9.17, 15) is 53.0 Å². The van der Waals surface area contributed by atoms with E-state index >= 15 is 4.39 Å². The Bertz CT molecular complexity index is 2400. The van der Waals surface area contributed by atoms with Crippen LogP contribution in [0, 0.1) is 34.8 Å². The van der Waals surface area contributed by atoms with Crippen molar-refractivity contribution in [3.63, 3.8) is 0 Å². The number of Topliss-reactive ketones (excluding diaryl/α,β-unsaturated/α-hetero) is 1. The molecule has 7 N–H and O–H groups in total. The van der Waals surface area contributed by atoms with Gasteiger partial charge in [0, 0.05) is 80.3 Å². The fraction of sp³-hybridized carbons (Fsp3) is 0.556. The zero-order chi connectivity index (χ0) is 54.2. The number of aromatic nitrogens is 1. The van der Waals surface area contributed by atoms with E-state index in [1.807, 2.05) is 55.7 Å². The third-order valence-corrected chi connectivity index (χ3v) is 13.1. The molecule has 0 spiro atoms. The number of aliphatic hydroxyl groups is 1. The predicted octanol–water partition coefficient (Wildman–Crippen LogP) is 5.65. The third-order valence-electron chi connectivity index (χ3n) is 13.1. The molecule has 400 valence electrons. The molecule has 1 aliphatic rings. The summed E-state index contributed by atoms with van der Waals surface area (Å²) >= 11 is 0. The second kappa shape index (κ2) is 27.6. The van der Waals surface area contributed by atoms with Crippen molar-refractivity contribution in [2.45, 2.75) is 143 Å². The molecule has 1 saturated heterocycles. The number of unbranched alkanes of at least 4 members (excludes halogenated alkanes) is 3. The lowest BCUT2D eigenvalue weighted by atomic mass is 9.82. The molecule has 1 aromatic heterocycles. The molecule has 0 aliphatic carbocycles. The highest BCUT2D eigenvalue weighted by molar-refractivity contribution is 6.03. The van der Waals surface area contributed by atoms with E-state index in [1.54, 1.807) is 33.0 Å². The molecule has 1 fully saturated rings. The van der Waals surface area contributed by atoms with Crippen LogP contribution in [0.3, 0.4) is 0 Å². The maximum Gasteiger partial charge on any atom is 0.326 e. The molecular weight excluding hydrogens is 945 g/mol. The summed E-state index contributed by atoms with van der Waals surface area (Å²) in [6, 6.07) is 10.4. The first kappa shape index (κ1) is 59.2. The van der Waals surface area contributed by atoms with Crippen molar-refractivity contribution in [3.05, 3.63) is 83.7 Å². The Balaban J connectivity index is 1.27. The van der Waals surface area contributed by atoms with Crippen molar-refractivity contribution in [1.29, 1.82) is 0 Å². The number of benzene rings is 2. The number of hydrogen-bond donors (Lipinski definition) is 6. The number of imide groups is 1. The lowest BCUT2D eigenvalue weighted by Gasteiger charge is -2.41. The number of nitrogens with zero attached hydrogens (tertiary/aromatic N) is 3. The SMILES string of the molecule is CC1CC(=O)N(CCCCCC(=O)N[C@H](C(=O)C[C@@H](C)C(=O)N[C@@H](CCCCNC(=O)[C@@H](N)CCN(C(=O)CO)[C@@H](c2cc(-c3cc(F)ccc3F)cn2Cc2ccccc2)C(C)(C)C)C(=O)O)C(C)C)C1=O. The average Bonchev–Trinajstić information content (AvgIpc) is 3.84. The van der Waals surface area contributed by atoms with Crippen LogP contribution in [-0.4, -0.2) is 116 Å². The lowest BCUT2D eigenvalue weighted by molar-refractivity contribution is -0.143. The van der Waals surface area contributed by atoms with Crippen molar-refractivity contribution in [3.8, 4) is 11.1 Å². The molecule has 19 heteroatoms. The van der Waals surface area contributed by atoms with Crippen LogP contribution in [0.5, 0.6) is 0 Å². The number of ketones is 1. The first-order valence-corrected chi connectivity index (χ1v) is 25.3. The van der Waals surface area contributed by atoms with Crippen LogP contribution in [-0.2, 0) is 44.9 Å². The van der Waals surface area contributed by atoms with E-state index in [0.29, 0.717) is 50.0 Å². The highest BCUT2D eigenvalue weighted by Gasteiger charge is 2.38. The minimum atomic E-state index is -1.28. The van der Waals surface area contributed by atoms with E-state index in [-0.39, 0.29) is 92.5 Å². The largest absolute Gasteiger partial charge is 0.480 e. The lowest BCUT2D eigenvalue weighted by Crippen LogP contribution is -2.47. The number of carboxylic acid groups (broad SMARTS) is 1. The number of halogens is 2. The van der Waals surface area contributed by atoms with Gasteiger partial charge in [0.15, 0.2) is 5.78 Å². The van der Waals surface area contributed by atoms with Gasteiger partial charge in [0.2, 0.25) is 35.4 Å². The molecule has 1 unspecified atom stereocenters. The van der Waals surface area contributed by atoms with Crippen LogP contribution >= 0.6 is 0 Å². The van der Waals surface area contributed by atoms with Gasteiger partial charge in [-0.1, -0.05) is 85.2 Å². The predicted molar refractivity (Wildman–Crippen MR) is 270 cm³/mol. The number of amides is 6. The number of hydrogen-bond acceptors (Lipinski definition) is 10. The minimum Gasteiger partial charge on any atom is -0.480 e. The number of carbonyl (C=O) groups excluding carboxylic acids is 7. The summed E-state index contributed by atoms with van der Waals surface area (Å²) in [6.45, 7) is 12.3. The van der Waals surface area contributed by atoms with Gasteiger partial charge in [-0.15, -0.1) is 0 Å². The first-order chi connectivity index (χ1) is 34.4. The number of likely N-dealkylation sites (tertiary alicyclic amines) is 1. The van der Waals surface area contributed by atoms with E-state index in [2.05, 4.69) is 16.0 Å². The second-order valence-electron chi connectivity index (χ2n) is 20.6. The van der Waals surface area contributed by atoms with Crippen molar-refractivity contribution in [2.24, 2.45) is 28.9 Å². The number of nitrogens with two attached hydrogens (primary N) is 1. The molecule has 0 saturated carbocycles. The van der Waals surface area contributed by atoms with Crippen molar-refractivity contribution < 1.29 is 57.4 Å². The van der Waals surface area contributed by atoms with Crippen LogP contribution in [0.1, 0.15) is 130 Å². The van der Waals surface area contributed by atoms with Crippen LogP contribution in [0.2, 0.25) is 0 Å². The summed E-state index contributed by atoms with van der Waals surface area (Å²) in [6.07, 6.45) is 4.05. The maximum atomic E-state index is 15.1. The van der Waals surface area contributed by atoms with Crippen LogP contribution in [0.25, 0.3) is 11.1 Å². The molecule has 17 nitrogen and oxygen atoms in total. The zero-order valence-electron chi connectivity index (χ0n) is 43.3. The molecule has 6 amide bonds. The monoisotopic (exact) mass is 1020 g/mol. The van der Waals surface area contributed by atoms with E-state index < -0.39 is 77.4 Å². The van der Waals surface area contributed by atoms with E-state index in [1.165, 1.54) is 16.7 Å². The quantitative estimate of drug-likeness (QED) is 0.0366. The van der Waals surface area contributed by atoms with E-state index in [4.69, 9.17) is 5.73 Å². The smallest absolute Gasteiger partial charge is 0.326 e. The van der Waals surface area contributed by atoms with Gasteiger partial charge in [0.05, 0.1) is 18.1 Å². The van der Waals surface area contributed by atoms with Crippen molar-refractivity contribution in [2.75, 3.05) is 26.2 Å². The van der Waals surface area contributed by atoms with Crippen LogP contribution in [0.15, 0.2) is 60.8 Å². The van der Waals surface area contributed by atoms with Crippen LogP contribution in [0.4, 0.5) is 8.78 Å². The van der Waals surface area contributed by atoms with E-state index in [0.717, 1.165) is 23.8 Å². The summed E-state index contributed by atoms with van der Waals surface area (Å²) in [7, 11) is 0. The highest BCUT2D eigenvalue weighted by Crippen LogP contribution is 2.41. The molecule has 4 rings (SSSR count). The van der Waals surface area contributed by atoms with Gasteiger partial charge < -0.3 is 41.4 Å². The number of aliphatic carboxylic acids is 1. The Morgan fingerprint density at radius 2 is 1.59 bits per heavy atom. The number of nitrogens with one attached hydrogen (secondary N) is 3. The van der Waals surface area contributed by atoms with Gasteiger partial charge in [-0.05, 0) is 79.7 Å². The van der Waals surface area contributed by atoms with Gasteiger partial charge in [-0.3, -0.25) is 38.5 Å². The molecular formula is C54H75F2N7O10. The molecule has 2 aromatic carbocycles. The summed E-state index contributed by atoms with van der Waals surface area (Å²) in [5.74, 6) is -6.95. The first-order valence-electron chi connectivity index (χ1n) is 25.3. The molecule has 6 atom stereocenters. The Labute approximate surface area is 427 Å². The zero-order valence-corrected chi connectivity index (χ0v) is 43.3. The number of rotatable bonds is 29. The number of aliphatic hydroxyl groups excluding tert-OH is 1. The van der Waals surface area contributed by atoms with Crippen molar-refractivity contribution >= 4 is 47.2 Å². The topological polar surface area (TPSA) is 251 Å². The average molecular weight is 1020 g/mol. The minimum absolute atomic E-state index is 0.0126. The van der Waals surface area contributed by atoms with Gasteiger partial charge in [0.1, 0.15) is 24.3 Å². The summed E-state index contributed by atoms with van der Waals surface area (Å²) in [5, 5.41) is 28.1. The summed E-state index contributed by atoms with van der Waals surface area (Å²) in [5.41, 5.74) is 7.57. The molecule has 1 aliphatic heterocycles. The Morgan fingerprint density at radius 1 is 0.890 bits per heavy atom. The summed E-state index contributed by atoms with van der Waals surface area (Å²) < 4.78 is 31.4.